The zero-order valence-electron chi connectivity index (χ0n) is 7.93. The molecule has 0 fully saturated rings. The Morgan fingerprint density at radius 2 is 1.85 bits per heavy atom. The van der Waals surface area contributed by atoms with Crippen LogP contribution in [0.4, 0.5) is 5.69 Å². The molecule has 1 heteroatoms. The van der Waals surface area contributed by atoms with E-state index in [9.17, 15) is 0 Å². The van der Waals surface area contributed by atoms with Crippen LogP contribution in [0, 0.1) is 0 Å². The van der Waals surface area contributed by atoms with E-state index in [-0.39, 0.29) is 7.43 Å². The van der Waals surface area contributed by atoms with Crippen molar-refractivity contribution in [2.75, 3.05) is 11.9 Å². The fourth-order valence-electron chi connectivity index (χ4n) is 1.41. The second-order valence-electron chi connectivity index (χ2n) is 2.69. The minimum Gasteiger partial charge on any atom is -0.385 e. The first-order valence-corrected chi connectivity index (χ1v) is 4.78. The van der Waals surface area contributed by atoms with Crippen molar-refractivity contribution < 1.29 is 0 Å². The van der Waals surface area contributed by atoms with E-state index < -0.39 is 0 Å². The molecule has 0 aromatic heterocycles. The average Bonchev–Trinajstić information content (AvgIpc) is 2.21. The molecule has 1 nitrogen and oxygen atoms in total. The lowest BCUT2D eigenvalue weighted by molar-refractivity contribution is 0.830. The van der Waals surface area contributed by atoms with E-state index in [1.165, 1.54) is 24.1 Å². The normalized spacial score (nSPS) is 12.5. The van der Waals surface area contributed by atoms with Gasteiger partial charge in [0.1, 0.15) is 0 Å². The van der Waals surface area contributed by atoms with Gasteiger partial charge in [-0.05, 0) is 24.5 Å². The number of aryl methyl sites for hydroxylation is 1. The summed E-state index contributed by atoms with van der Waals surface area (Å²) in [6.45, 7) is 5.14. The number of fused-ring (bicyclic) bond motifs is 1. The highest BCUT2D eigenvalue weighted by Gasteiger charge is 2.04. The predicted molar refractivity (Wildman–Crippen MR) is 61.3 cm³/mol. The largest absolute Gasteiger partial charge is 0.385 e. The number of nitrogens with one attached hydrogen (secondary N) is 1. The molecule has 0 radical (unpaired) electrons. The van der Waals surface area contributed by atoms with Gasteiger partial charge in [0.15, 0.2) is 0 Å². The Bertz CT molecular complexity index is 205. The number of hydrogen-bond acceptors (Lipinski definition) is 1. The second-order valence-corrected chi connectivity index (χ2v) is 2.69. The van der Waals surface area contributed by atoms with Gasteiger partial charge in [-0.1, -0.05) is 39.5 Å². The van der Waals surface area contributed by atoms with Crippen molar-refractivity contribution in [2.45, 2.75) is 34.1 Å². The first kappa shape index (κ1) is 12.0. The van der Waals surface area contributed by atoms with Gasteiger partial charge in [0.2, 0.25) is 0 Å². The zero-order valence-corrected chi connectivity index (χ0v) is 7.93. The van der Waals surface area contributed by atoms with Crippen molar-refractivity contribution in [3.8, 4) is 0 Å². The van der Waals surface area contributed by atoms with Crippen LogP contribution in [0.25, 0.3) is 0 Å². The second kappa shape index (κ2) is 6.53. The van der Waals surface area contributed by atoms with Crippen LogP contribution in [-0.2, 0) is 6.42 Å². The molecule has 1 N–H and O–H groups in total. The summed E-state index contributed by atoms with van der Waals surface area (Å²) in [4.78, 5) is 0. The van der Waals surface area contributed by atoms with Gasteiger partial charge in [0.05, 0.1) is 0 Å². The summed E-state index contributed by atoms with van der Waals surface area (Å²) in [6.07, 6.45) is 2.51. The maximum atomic E-state index is 3.36. The molecule has 0 saturated heterocycles. The molecule has 74 valence electrons. The van der Waals surface area contributed by atoms with Crippen LogP contribution in [0.2, 0.25) is 0 Å². The molecule has 0 aliphatic carbocycles. The van der Waals surface area contributed by atoms with Crippen molar-refractivity contribution >= 4 is 5.69 Å². The van der Waals surface area contributed by atoms with Gasteiger partial charge >= 0.3 is 0 Å². The molecule has 0 atom stereocenters. The van der Waals surface area contributed by atoms with Crippen molar-refractivity contribution in [2.24, 2.45) is 0 Å². The first-order valence-electron chi connectivity index (χ1n) is 4.78. The lowest BCUT2D eigenvalue weighted by Gasteiger charge is -2.16. The van der Waals surface area contributed by atoms with Gasteiger partial charge < -0.3 is 5.32 Å². The van der Waals surface area contributed by atoms with Gasteiger partial charge in [0.25, 0.3) is 0 Å². The third-order valence-corrected chi connectivity index (χ3v) is 1.96. The lowest BCUT2D eigenvalue weighted by Crippen LogP contribution is -2.10. The fraction of sp³-hybridized carbons (Fsp3) is 0.500. The SMILES string of the molecule is C.CC.c1ccc2c(c1)CCCN2. The lowest BCUT2D eigenvalue weighted by atomic mass is 10.0. The highest BCUT2D eigenvalue weighted by atomic mass is 14.9. The van der Waals surface area contributed by atoms with E-state index in [0.29, 0.717) is 0 Å². The smallest absolute Gasteiger partial charge is 0.0372 e. The van der Waals surface area contributed by atoms with Crippen molar-refractivity contribution in [3.63, 3.8) is 0 Å². The molecule has 13 heavy (non-hydrogen) atoms. The third-order valence-electron chi connectivity index (χ3n) is 1.96. The highest BCUT2D eigenvalue weighted by Crippen LogP contribution is 2.19. The quantitative estimate of drug-likeness (QED) is 0.640. The van der Waals surface area contributed by atoms with Gasteiger partial charge in [-0.2, -0.15) is 0 Å². The third kappa shape index (κ3) is 3.10. The Morgan fingerprint density at radius 1 is 1.15 bits per heavy atom. The maximum absolute atomic E-state index is 3.36. The maximum Gasteiger partial charge on any atom is 0.0372 e. The minimum atomic E-state index is 0. The van der Waals surface area contributed by atoms with Crippen LogP contribution < -0.4 is 5.32 Å². The Labute approximate surface area is 82.2 Å². The standard InChI is InChI=1S/C9H11N.C2H6.CH4/c1-2-6-9-8(4-1)5-3-7-10-9;1-2;/h1-2,4,6,10H,3,5,7H2;1-2H3;1H4. The summed E-state index contributed by atoms with van der Waals surface area (Å²) < 4.78 is 0. The molecule has 0 bridgehead atoms. The van der Waals surface area contributed by atoms with Gasteiger partial charge in [-0.3, -0.25) is 0 Å². The first-order chi connectivity index (χ1) is 5.97. The van der Waals surface area contributed by atoms with Gasteiger partial charge in [0, 0.05) is 12.2 Å². The van der Waals surface area contributed by atoms with Gasteiger partial charge in [-0.15, -0.1) is 0 Å². The summed E-state index contributed by atoms with van der Waals surface area (Å²) in [6, 6.07) is 8.53. The van der Waals surface area contributed by atoms with Crippen LogP contribution in [0.15, 0.2) is 24.3 Å². The van der Waals surface area contributed by atoms with Crippen molar-refractivity contribution in [1.29, 1.82) is 0 Å². The fourth-order valence-corrected chi connectivity index (χ4v) is 1.41. The Kier molecular flexibility index (Phi) is 6.03. The molecule has 2 rings (SSSR count). The van der Waals surface area contributed by atoms with E-state index in [4.69, 9.17) is 0 Å². The molecule has 1 heterocycles. The molecule has 1 aliphatic rings. The summed E-state index contributed by atoms with van der Waals surface area (Å²) in [7, 11) is 0. The molecule has 1 aliphatic heterocycles. The van der Waals surface area contributed by atoms with Crippen molar-refractivity contribution in [3.05, 3.63) is 29.8 Å². The molecule has 0 unspecified atom stereocenters. The Balaban J connectivity index is 0.000000451. The topological polar surface area (TPSA) is 12.0 Å². The summed E-state index contributed by atoms with van der Waals surface area (Å²) in [5.74, 6) is 0. The number of hydrogen-bond donors (Lipinski definition) is 1. The number of para-hydroxylation sites is 1. The Hall–Kier alpha value is -0.980. The van der Waals surface area contributed by atoms with E-state index >= 15 is 0 Å². The number of benzene rings is 1. The van der Waals surface area contributed by atoms with E-state index in [1.807, 2.05) is 13.8 Å². The van der Waals surface area contributed by atoms with E-state index in [2.05, 4.69) is 29.6 Å². The van der Waals surface area contributed by atoms with E-state index in [1.54, 1.807) is 0 Å². The molecule has 0 amide bonds. The molecule has 0 saturated carbocycles. The summed E-state index contributed by atoms with van der Waals surface area (Å²) in [5, 5.41) is 3.36. The van der Waals surface area contributed by atoms with E-state index in [0.717, 1.165) is 6.54 Å². The summed E-state index contributed by atoms with van der Waals surface area (Å²) in [5.41, 5.74) is 2.79. The van der Waals surface area contributed by atoms with Crippen LogP contribution in [0.3, 0.4) is 0 Å². The zero-order chi connectivity index (χ0) is 8.81. The Morgan fingerprint density at radius 3 is 2.54 bits per heavy atom. The average molecular weight is 179 g/mol. The molecular formula is C12H21N. The van der Waals surface area contributed by atoms with Crippen LogP contribution in [0.5, 0.6) is 0 Å². The molecular weight excluding hydrogens is 158 g/mol. The summed E-state index contributed by atoms with van der Waals surface area (Å²) >= 11 is 0. The molecule has 1 aromatic carbocycles. The predicted octanol–water partition coefficient (Wildman–Crippen LogP) is 3.71. The molecule has 1 aromatic rings. The van der Waals surface area contributed by atoms with Crippen LogP contribution in [0.1, 0.15) is 33.3 Å². The van der Waals surface area contributed by atoms with Crippen molar-refractivity contribution in [1.82, 2.24) is 0 Å². The van der Waals surface area contributed by atoms with Crippen LogP contribution >= 0.6 is 0 Å². The van der Waals surface area contributed by atoms with Crippen LogP contribution in [-0.4, -0.2) is 6.54 Å². The molecule has 0 spiro atoms. The number of anilines is 1. The van der Waals surface area contributed by atoms with Gasteiger partial charge in [-0.25, -0.2) is 0 Å². The highest BCUT2D eigenvalue weighted by molar-refractivity contribution is 5.52. The number of rotatable bonds is 0. The minimum absolute atomic E-state index is 0. The monoisotopic (exact) mass is 179 g/mol.